The van der Waals surface area contributed by atoms with Crippen LogP contribution in [0.3, 0.4) is 0 Å². The van der Waals surface area contributed by atoms with Crippen LogP contribution >= 0.6 is 0 Å². The van der Waals surface area contributed by atoms with Crippen LogP contribution in [-0.4, -0.2) is 6.21 Å². The van der Waals surface area contributed by atoms with Crippen molar-refractivity contribution in [1.29, 1.82) is 5.26 Å². The quantitative estimate of drug-likeness (QED) is 0.201. The average molecular weight is 135 g/mol. The molecular weight excluding hydrogens is 126 g/mol. The SMILES string of the molecule is C=C/C(C#N)=C(C)\C=N/N. The maximum Gasteiger partial charge on any atom is 0.0994 e. The van der Waals surface area contributed by atoms with Crippen molar-refractivity contribution in [2.24, 2.45) is 10.9 Å². The van der Waals surface area contributed by atoms with E-state index in [-0.39, 0.29) is 0 Å². The molecule has 0 aromatic heterocycles. The zero-order valence-corrected chi connectivity index (χ0v) is 5.83. The minimum absolute atomic E-state index is 0.495. The normalized spacial score (nSPS) is 12.4. The minimum atomic E-state index is 0.495. The standard InChI is InChI=1S/C7H9N3/c1-3-7(4-8)6(2)5-10-9/h3,5H,1,9H2,2H3/b7-6+,10-5-. The molecule has 0 saturated heterocycles. The fourth-order valence-electron chi connectivity index (χ4n) is 0.476. The van der Waals surface area contributed by atoms with Crippen LogP contribution in [0, 0.1) is 11.3 Å². The molecule has 10 heavy (non-hydrogen) atoms. The van der Waals surface area contributed by atoms with E-state index in [1.165, 1.54) is 12.3 Å². The van der Waals surface area contributed by atoms with Crippen molar-refractivity contribution >= 4 is 6.21 Å². The highest BCUT2D eigenvalue weighted by molar-refractivity contribution is 5.80. The zero-order chi connectivity index (χ0) is 7.98. The molecule has 0 atom stereocenters. The number of hydrogen-bond donors (Lipinski definition) is 1. The lowest BCUT2D eigenvalue weighted by molar-refractivity contribution is 1.26. The van der Waals surface area contributed by atoms with Crippen molar-refractivity contribution in [1.82, 2.24) is 0 Å². The molecule has 0 aliphatic rings. The molecule has 0 aromatic rings. The number of nitrogens with two attached hydrogens (primary N) is 1. The molecule has 0 aromatic carbocycles. The van der Waals surface area contributed by atoms with E-state index in [2.05, 4.69) is 11.7 Å². The first-order valence-electron chi connectivity index (χ1n) is 2.73. The molecule has 0 fully saturated rings. The summed E-state index contributed by atoms with van der Waals surface area (Å²) in [4.78, 5) is 0. The second kappa shape index (κ2) is 4.33. The molecule has 0 saturated carbocycles. The van der Waals surface area contributed by atoms with Gasteiger partial charge in [-0.05, 0) is 12.5 Å². The van der Waals surface area contributed by atoms with Gasteiger partial charge >= 0.3 is 0 Å². The Bertz CT molecular complexity index is 217. The summed E-state index contributed by atoms with van der Waals surface area (Å²) in [5, 5.41) is 11.7. The second-order valence-corrected chi connectivity index (χ2v) is 1.69. The lowest BCUT2D eigenvalue weighted by Crippen LogP contribution is -1.87. The number of hydrazone groups is 1. The van der Waals surface area contributed by atoms with E-state index in [1.807, 2.05) is 6.07 Å². The molecule has 0 amide bonds. The first-order valence-corrected chi connectivity index (χ1v) is 2.73. The predicted molar refractivity (Wildman–Crippen MR) is 41.2 cm³/mol. The van der Waals surface area contributed by atoms with Gasteiger partial charge in [0, 0.05) is 0 Å². The van der Waals surface area contributed by atoms with E-state index in [1.54, 1.807) is 6.92 Å². The number of nitriles is 1. The summed E-state index contributed by atoms with van der Waals surface area (Å²) in [7, 11) is 0. The largest absolute Gasteiger partial charge is 0.323 e. The van der Waals surface area contributed by atoms with E-state index >= 15 is 0 Å². The van der Waals surface area contributed by atoms with Gasteiger partial charge in [-0.3, -0.25) is 0 Å². The van der Waals surface area contributed by atoms with Gasteiger partial charge in [-0.1, -0.05) is 12.7 Å². The number of rotatable bonds is 2. The third kappa shape index (κ3) is 2.14. The second-order valence-electron chi connectivity index (χ2n) is 1.69. The van der Waals surface area contributed by atoms with Crippen molar-refractivity contribution in [2.45, 2.75) is 6.92 Å². The third-order valence-corrected chi connectivity index (χ3v) is 1.02. The molecule has 0 aliphatic carbocycles. The summed E-state index contributed by atoms with van der Waals surface area (Å²) in [6.45, 7) is 5.20. The summed E-state index contributed by atoms with van der Waals surface area (Å²) >= 11 is 0. The van der Waals surface area contributed by atoms with Crippen LogP contribution in [0.5, 0.6) is 0 Å². The minimum Gasteiger partial charge on any atom is -0.323 e. The van der Waals surface area contributed by atoms with Crippen LogP contribution in [0.2, 0.25) is 0 Å². The van der Waals surface area contributed by atoms with Crippen LogP contribution in [0.4, 0.5) is 0 Å². The number of hydrogen-bond acceptors (Lipinski definition) is 3. The lowest BCUT2D eigenvalue weighted by atomic mass is 10.2. The first-order chi connectivity index (χ1) is 4.76. The molecular formula is C7H9N3. The Kier molecular flexibility index (Phi) is 3.66. The first kappa shape index (κ1) is 8.44. The Morgan fingerprint density at radius 2 is 2.40 bits per heavy atom. The van der Waals surface area contributed by atoms with E-state index in [0.717, 1.165) is 5.57 Å². The van der Waals surface area contributed by atoms with Crippen LogP contribution < -0.4 is 5.84 Å². The molecule has 0 heterocycles. The third-order valence-electron chi connectivity index (χ3n) is 1.02. The number of allylic oxidation sites excluding steroid dienone is 3. The van der Waals surface area contributed by atoms with Crippen molar-refractivity contribution in [3.8, 4) is 6.07 Å². The zero-order valence-electron chi connectivity index (χ0n) is 5.83. The van der Waals surface area contributed by atoms with Crippen molar-refractivity contribution < 1.29 is 0 Å². The smallest absolute Gasteiger partial charge is 0.0994 e. The van der Waals surface area contributed by atoms with Gasteiger partial charge in [-0.25, -0.2) is 0 Å². The lowest BCUT2D eigenvalue weighted by Gasteiger charge is -1.89. The Morgan fingerprint density at radius 3 is 2.70 bits per heavy atom. The van der Waals surface area contributed by atoms with E-state index in [9.17, 15) is 0 Å². The van der Waals surface area contributed by atoms with Gasteiger partial charge in [0.2, 0.25) is 0 Å². The topological polar surface area (TPSA) is 62.2 Å². The molecule has 3 heteroatoms. The van der Waals surface area contributed by atoms with Gasteiger partial charge < -0.3 is 5.84 Å². The van der Waals surface area contributed by atoms with Gasteiger partial charge in [0.25, 0.3) is 0 Å². The van der Waals surface area contributed by atoms with Gasteiger partial charge in [0.15, 0.2) is 0 Å². The van der Waals surface area contributed by atoms with Crippen molar-refractivity contribution in [3.63, 3.8) is 0 Å². The fraction of sp³-hybridized carbons (Fsp3) is 0.143. The Labute approximate surface area is 60.1 Å². The van der Waals surface area contributed by atoms with E-state index in [4.69, 9.17) is 11.1 Å². The Hall–Kier alpha value is -1.56. The molecule has 52 valence electrons. The van der Waals surface area contributed by atoms with Crippen LogP contribution in [0.15, 0.2) is 28.9 Å². The maximum absolute atomic E-state index is 8.44. The van der Waals surface area contributed by atoms with Crippen LogP contribution in [-0.2, 0) is 0 Å². The molecule has 3 nitrogen and oxygen atoms in total. The highest BCUT2D eigenvalue weighted by Gasteiger charge is 1.91. The number of nitrogens with zero attached hydrogens (tertiary/aromatic N) is 2. The van der Waals surface area contributed by atoms with E-state index < -0.39 is 0 Å². The summed E-state index contributed by atoms with van der Waals surface area (Å²) in [5.74, 6) is 4.87. The fourth-order valence-corrected chi connectivity index (χ4v) is 0.476. The summed E-state index contributed by atoms with van der Waals surface area (Å²) in [5.41, 5.74) is 1.22. The van der Waals surface area contributed by atoms with Gasteiger partial charge in [-0.15, -0.1) is 0 Å². The molecule has 0 spiro atoms. The van der Waals surface area contributed by atoms with Gasteiger partial charge in [-0.2, -0.15) is 10.4 Å². The van der Waals surface area contributed by atoms with Gasteiger partial charge in [0.1, 0.15) is 0 Å². The Balaban J connectivity index is 4.64. The molecule has 0 aliphatic heterocycles. The van der Waals surface area contributed by atoms with Crippen molar-refractivity contribution in [3.05, 3.63) is 23.8 Å². The molecule has 0 rings (SSSR count). The van der Waals surface area contributed by atoms with Crippen LogP contribution in [0.1, 0.15) is 6.92 Å². The monoisotopic (exact) mass is 135 g/mol. The van der Waals surface area contributed by atoms with E-state index in [0.29, 0.717) is 5.57 Å². The summed E-state index contributed by atoms with van der Waals surface area (Å²) < 4.78 is 0. The average Bonchev–Trinajstić information content (AvgIpc) is 1.91. The summed E-state index contributed by atoms with van der Waals surface area (Å²) in [6, 6.07) is 1.95. The highest BCUT2D eigenvalue weighted by Crippen LogP contribution is 1.99. The predicted octanol–water partition coefficient (Wildman–Crippen LogP) is 0.957. The molecule has 2 N–H and O–H groups in total. The molecule has 0 unspecified atom stereocenters. The van der Waals surface area contributed by atoms with Crippen LogP contribution in [0.25, 0.3) is 0 Å². The van der Waals surface area contributed by atoms with Crippen molar-refractivity contribution in [2.75, 3.05) is 0 Å². The maximum atomic E-state index is 8.44. The molecule has 0 radical (unpaired) electrons. The Morgan fingerprint density at radius 1 is 1.80 bits per heavy atom. The highest BCUT2D eigenvalue weighted by atomic mass is 15.1. The molecule has 0 bridgehead atoms. The summed E-state index contributed by atoms with van der Waals surface area (Å²) in [6.07, 6.45) is 2.89. The van der Waals surface area contributed by atoms with Gasteiger partial charge in [0.05, 0.1) is 17.9 Å².